The molecule has 2 aromatic rings. The molecule has 0 spiro atoms. The number of fused-ring (bicyclic) bond motifs is 6. The fourth-order valence-electron chi connectivity index (χ4n) is 12.2. The summed E-state index contributed by atoms with van der Waals surface area (Å²) in [6.07, 6.45) is 1.50. The lowest BCUT2D eigenvalue weighted by atomic mass is 9.57. The highest BCUT2D eigenvalue weighted by molar-refractivity contribution is 14.1. The standard InChI is InChI=1S/C25H29IN2O7.C25H30N2O7.C4H4INO2/c1-24(2,3)12-8-13(26)10-6-9-7-11-17(28(4)5)20(31)16(23(27)34)22(33)25(11,35)21(32)14(9)19(30)15(10)18(12)29;1-24(2,3)12-7-6-10-8-11-9-13-17(27(4)5)20(30)16(23(26)33)22(32)25(13,34)21(31)15(11)19(29)14(10)18(12)28;5-6-3(7)1-2-4(6)8/h8-9,11,17,29-30,33,35H,6-7H2,1-5H3,(H2,27,34);6-7,11,13,17,28-29,32,34H,8-9H2,1-5H3,(H2,26,33);1-2H2/t9-,11-,17-,25-;11-,13-,17-,25-;/m00./s1. The number of primary amides is 2. The summed E-state index contributed by atoms with van der Waals surface area (Å²) < 4.78 is 1.94. The van der Waals surface area contributed by atoms with Crippen LogP contribution >= 0.6 is 45.5 Å². The van der Waals surface area contributed by atoms with Crippen molar-refractivity contribution >= 4 is 104 Å². The summed E-state index contributed by atoms with van der Waals surface area (Å²) in [5.74, 6) is -12.9. The van der Waals surface area contributed by atoms with E-state index in [1.54, 1.807) is 63.2 Å². The number of phenolic OH excluding ortho intramolecular Hbond substituents is 2. The molecule has 21 nitrogen and oxygen atoms in total. The molecule has 77 heavy (non-hydrogen) atoms. The Morgan fingerprint density at radius 2 is 1.03 bits per heavy atom. The first-order chi connectivity index (χ1) is 35.4. The van der Waals surface area contributed by atoms with Gasteiger partial charge in [-0.25, -0.2) is 3.11 Å². The minimum absolute atomic E-state index is 0.0730. The molecule has 0 bridgehead atoms. The third-order valence-corrected chi connectivity index (χ3v) is 17.9. The molecule has 23 heteroatoms. The highest BCUT2D eigenvalue weighted by atomic mass is 127. The zero-order chi connectivity index (χ0) is 58.0. The molecule has 7 aliphatic rings. The van der Waals surface area contributed by atoms with Gasteiger partial charge in [-0.3, -0.25) is 48.2 Å². The Morgan fingerprint density at radius 1 is 0.636 bits per heavy atom. The molecule has 1 saturated heterocycles. The van der Waals surface area contributed by atoms with Gasteiger partial charge in [0.2, 0.25) is 23.4 Å². The van der Waals surface area contributed by atoms with Crippen LogP contribution in [0.1, 0.15) is 101 Å². The topological polar surface area (TPSA) is 360 Å². The van der Waals surface area contributed by atoms with Gasteiger partial charge in [0, 0.05) is 50.5 Å². The van der Waals surface area contributed by atoms with Gasteiger partial charge in [0.05, 0.1) is 46.1 Å². The molecule has 6 aliphatic carbocycles. The van der Waals surface area contributed by atoms with Gasteiger partial charge in [-0.2, -0.15) is 0 Å². The lowest BCUT2D eigenvalue weighted by molar-refractivity contribution is -0.155. The van der Waals surface area contributed by atoms with E-state index in [1.807, 2.05) is 47.6 Å². The highest BCUT2D eigenvalue weighted by Crippen LogP contribution is 2.56. The number of ketones is 4. The molecule has 1 heterocycles. The van der Waals surface area contributed by atoms with E-state index in [2.05, 4.69) is 22.6 Å². The molecule has 0 unspecified atom stereocenters. The molecule has 0 radical (unpaired) electrons. The molecule has 1 aliphatic heterocycles. The molecule has 2 saturated carbocycles. The molecule has 2 aromatic carbocycles. The average Bonchev–Trinajstić information content (AvgIpc) is 3.59. The van der Waals surface area contributed by atoms with Crippen LogP contribution in [0.2, 0.25) is 0 Å². The molecule has 414 valence electrons. The monoisotopic (exact) mass is 1290 g/mol. The van der Waals surface area contributed by atoms with Crippen molar-refractivity contribution < 1.29 is 79.2 Å². The maximum Gasteiger partial charge on any atom is 0.255 e. The van der Waals surface area contributed by atoms with Gasteiger partial charge in [0.15, 0.2) is 22.8 Å². The lowest BCUT2D eigenvalue weighted by Gasteiger charge is -2.50. The van der Waals surface area contributed by atoms with E-state index in [1.165, 1.54) is 9.80 Å². The first-order valence-corrected chi connectivity index (χ1v) is 26.7. The average molecular weight is 1290 g/mol. The molecule has 8 atom stereocenters. The van der Waals surface area contributed by atoms with Gasteiger partial charge < -0.3 is 52.3 Å². The van der Waals surface area contributed by atoms with Crippen molar-refractivity contribution in [2.45, 2.75) is 114 Å². The molecule has 0 aromatic heterocycles. The summed E-state index contributed by atoms with van der Waals surface area (Å²) >= 11 is 3.85. The molecule has 9 rings (SSSR count). The van der Waals surface area contributed by atoms with Crippen LogP contribution in [-0.2, 0) is 62.0 Å². The van der Waals surface area contributed by atoms with E-state index >= 15 is 0 Å². The number of hydrogen-bond donors (Lipinski definition) is 10. The second kappa shape index (κ2) is 20.2. The zero-order valence-corrected chi connectivity index (χ0v) is 48.3. The number of phenols is 2. The number of aliphatic hydroxyl groups excluding tert-OH is 4. The SMILES string of the molecule is CN(C)[C@@H]1C(=O)C(C(N)=O)=C(O)[C@@]2(O)C(=O)C3=C(O)c4c(O)c(C(C)(C)C)cc(I)c4C[C@H]3C[C@@H]12.CN(C)[C@@H]1C(=O)C(C(N)=O)=C(O)[C@@]2(O)C(=O)C3=C(O)c4c(ccc(C(C)(C)C)c4O)C[C@H]3C[C@@H]12.O=C1CCC(=O)N1I. The van der Waals surface area contributed by atoms with Gasteiger partial charge in [-0.15, -0.1) is 0 Å². The third-order valence-electron chi connectivity index (χ3n) is 15.9. The van der Waals surface area contributed by atoms with E-state index in [0.717, 1.165) is 6.68 Å². The second-order valence-corrected chi connectivity index (χ2v) is 25.2. The summed E-state index contributed by atoms with van der Waals surface area (Å²) in [5, 5.41) is 89.6. The van der Waals surface area contributed by atoms with Gasteiger partial charge in [0.1, 0.15) is 45.7 Å². The van der Waals surface area contributed by atoms with Crippen LogP contribution in [0, 0.1) is 27.2 Å². The number of carbonyl (C=O) groups is 8. The maximum absolute atomic E-state index is 13.8. The lowest BCUT2D eigenvalue weighted by Crippen LogP contribution is -2.65. The van der Waals surface area contributed by atoms with Crippen molar-refractivity contribution in [2.75, 3.05) is 28.2 Å². The maximum atomic E-state index is 13.8. The number of imide groups is 1. The van der Waals surface area contributed by atoms with Crippen molar-refractivity contribution in [1.82, 2.24) is 12.9 Å². The van der Waals surface area contributed by atoms with Crippen molar-refractivity contribution in [2.24, 2.45) is 35.1 Å². The minimum atomic E-state index is -2.63. The predicted octanol–water partition coefficient (Wildman–Crippen LogP) is 3.61. The number of nitrogens with two attached hydrogens (primary N) is 2. The predicted molar refractivity (Wildman–Crippen MR) is 294 cm³/mol. The van der Waals surface area contributed by atoms with Crippen molar-refractivity contribution in [3.05, 3.63) is 89.0 Å². The summed E-state index contributed by atoms with van der Waals surface area (Å²) in [5.41, 5.74) is 5.28. The van der Waals surface area contributed by atoms with E-state index in [0.29, 0.717) is 35.1 Å². The smallest absolute Gasteiger partial charge is 0.255 e. The van der Waals surface area contributed by atoms with Gasteiger partial charge in [0.25, 0.3) is 11.8 Å². The Morgan fingerprint density at radius 3 is 1.39 bits per heavy atom. The van der Waals surface area contributed by atoms with Crippen LogP contribution in [-0.4, -0.2) is 152 Å². The number of Topliss-reactive ketones (excluding diaryl/α,β-unsaturated/α-hetero) is 4. The highest BCUT2D eigenvalue weighted by Gasteiger charge is 2.66. The summed E-state index contributed by atoms with van der Waals surface area (Å²) in [7, 11) is 6.28. The summed E-state index contributed by atoms with van der Waals surface area (Å²) in [4.78, 5) is 102. The van der Waals surface area contributed by atoms with E-state index in [-0.39, 0.29) is 71.3 Å². The van der Waals surface area contributed by atoms with Crippen LogP contribution in [0.5, 0.6) is 11.5 Å². The fraction of sp³-hybridized carbons (Fsp3) is 0.481. The van der Waals surface area contributed by atoms with E-state index in [4.69, 9.17) is 11.5 Å². The summed E-state index contributed by atoms with van der Waals surface area (Å²) in [6.45, 7) is 11.4. The minimum Gasteiger partial charge on any atom is -0.508 e. The van der Waals surface area contributed by atoms with Crippen LogP contribution in [0.15, 0.2) is 52.0 Å². The number of benzene rings is 2. The Bertz CT molecular complexity index is 3140. The van der Waals surface area contributed by atoms with Crippen LogP contribution in [0.3, 0.4) is 0 Å². The number of rotatable bonds is 4. The Labute approximate surface area is 471 Å². The first-order valence-electron chi connectivity index (χ1n) is 24.6. The van der Waals surface area contributed by atoms with Gasteiger partial charge >= 0.3 is 0 Å². The molecular weight excluding hydrogens is 1230 g/mol. The Balaban J connectivity index is 0.000000195. The number of likely N-dealkylation sites (N-methyl/N-ethyl adjacent to an activating group) is 2. The Kier molecular flexibility index (Phi) is 15.4. The number of amides is 4. The fourth-order valence-corrected chi connectivity index (χ4v) is 13.5. The number of carbonyl (C=O) groups excluding carboxylic acids is 8. The number of halogens is 2. The van der Waals surface area contributed by atoms with E-state index < -0.39 is 127 Å². The third kappa shape index (κ3) is 9.24. The van der Waals surface area contributed by atoms with Crippen molar-refractivity contribution in [3.63, 3.8) is 0 Å². The molecule has 12 N–H and O–H groups in total. The Hall–Kier alpha value is -5.74. The zero-order valence-electron chi connectivity index (χ0n) is 44.0. The second-order valence-electron chi connectivity index (χ2n) is 23.1. The van der Waals surface area contributed by atoms with Crippen LogP contribution < -0.4 is 11.5 Å². The normalized spacial score (nSPS) is 28.1. The van der Waals surface area contributed by atoms with Gasteiger partial charge in [-0.05, 0) is 116 Å². The van der Waals surface area contributed by atoms with Crippen molar-refractivity contribution in [1.29, 1.82) is 0 Å². The number of aromatic hydroxyl groups is 2. The van der Waals surface area contributed by atoms with E-state index in [9.17, 15) is 79.2 Å². The molecule has 3 fully saturated rings. The quantitative estimate of drug-likeness (QED) is 0.0904. The van der Waals surface area contributed by atoms with Crippen molar-refractivity contribution in [3.8, 4) is 11.5 Å². The largest absolute Gasteiger partial charge is 0.508 e. The van der Waals surface area contributed by atoms with Crippen LogP contribution in [0.25, 0.3) is 11.5 Å². The molecule has 4 amide bonds. The summed E-state index contributed by atoms with van der Waals surface area (Å²) in [6, 6.07) is 3.26. The number of aliphatic hydroxyl groups is 6. The number of hydrogen-bond acceptors (Lipinski definition) is 18. The number of nitrogens with zero attached hydrogens (tertiary/aromatic N) is 3. The molecular formula is C54H63I2N5O16. The van der Waals surface area contributed by atoms with Crippen LogP contribution in [0.4, 0.5) is 0 Å². The van der Waals surface area contributed by atoms with Gasteiger partial charge in [-0.1, -0.05) is 53.7 Å². The first kappa shape index (κ1) is 58.9.